The number of nitrogens with one attached hydrogen (secondary N) is 1. The third-order valence-electron chi connectivity index (χ3n) is 3.27. The highest BCUT2D eigenvalue weighted by Crippen LogP contribution is 2.28. The van der Waals surface area contributed by atoms with Crippen LogP contribution in [0.5, 0.6) is 0 Å². The molecule has 0 aliphatic carbocycles. The Morgan fingerprint density at radius 1 is 1.43 bits per heavy atom. The first-order chi connectivity index (χ1) is 9.87. The van der Waals surface area contributed by atoms with E-state index < -0.39 is 10.0 Å². The number of nitriles is 1. The van der Waals surface area contributed by atoms with Gasteiger partial charge in [0.05, 0.1) is 6.07 Å². The summed E-state index contributed by atoms with van der Waals surface area (Å²) in [4.78, 5) is 3.14. The van der Waals surface area contributed by atoms with Crippen LogP contribution in [0.1, 0.15) is 20.3 Å². The molecule has 0 unspecified atom stereocenters. The first-order valence-electron chi connectivity index (χ1n) is 6.63. The predicted molar refractivity (Wildman–Crippen MR) is 82.0 cm³/mol. The number of nitrogens with two attached hydrogens (primary N) is 1. The zero-order valence-corrected chi connectivity index (χ0v) is 12.8. The van der Waals surface area contributed by atoms with E-state index in [-0.39, 0.29) is 23.9 Å². The highest BCUT2D eigenvalue weighted by atomic mass is 32.2. The van der Waals surface area contributed by atoms with Crippen LogP contribution in [0.15, 0.2) is 29.3 Å². The van der Waals surface area contributed by atoms with Crippen LogP contribution in [0.4, 0.5) is 5.69 Å². The number of rotatable bonds is 5. The second-order valence-electron chi connectivity index (χ2n) is 5.08. The number of aromatic nitrogens is 1. The highest BCUT2D eigenvalue weighted by Gasteiger charge is 2.29. The Balaban J connectivity index is 2.54. The summed E-state index contributed by atoms with van der Waals surface area (Å²) in [7, 11) is -3.68. The summed E-state index contributed by atoms with van der Waals surface area (Å²) in [5.41, 5.74) is 6.97. The molecule has 2 aromatic rings. The topological polar surface area (TPSA) is 103 Å². The van der Waals surface area contributed by atoms with E-state index in [1.807, 2.05) is 6.07 Å². The fraction of sp³-hybridized carbons (Fsp3) is 0.357. The number of sulfonamides is 1. The molecule has 0 bridgehead atoms. The Hall–Kier alpha value is -2.04. The Morgan fingerprint density at radius 2 is 2.14 bits per heavy atom. The van der Waals surface area contributed by atoms with E-state index in [4.69, 9.17) is 11.0 Å². The van der Waals surface area contributed by atoms with Crippen molar-refractivity contribution >= 4 is 26.6 Å². The highest BCUT2D eigenvalue weighted by molar-refractivity contribution is 7.89. The zero-order chi connectivity index (χ0) is 15.6. The second kappa shape index (κ2) is 5.76. The minimum absolute atomic E-state index is 0.155. The van der Waals surface area contributed by atoms with Gasteiger partial charge in [0.25, 0.3) is 0 Å². The van der Waals surface area contributed by atoms with Gasteiger partial charge in [-0.3, -0.25) is 0 Å². The summed E-state index contributed by atoms with van der Waals surface area (Å²) in [5, 5.41) is 9.27. The molecule has 0 aliphatic rings. The van der Waals surface area contributed by atoms with Crippen LogP contribution in [-0.4, -0.2) is 30.3 Å². The van der Waals surface area contributed by atoms with E-state index in [0.717, 1.165) is 0 Å². The third kappa shape index (κ3) is 2.86. The normalized spacial score (nSPS) is 12.1. The summed E-state index contributed by atoms with van der Waals surface area (Å²) in [6.07, 6.45) is 1.63. The molecule has 0 saturated carbocycles. The average Bonchev–Trinajstić information content (AvgIpc) is 2.82. The number of H-pyrrole nitrogens is 1. The van der Waals surface area contributed by atoms with E-state index in [0.29, 0.717) is 16.6 Å². The maximum absolute atomic E-state index is 12.8. The van der Waals surface area contributed by atoms with Crippen molar-refractivity contribution < 1.29 is 8.42 Å². The van der Waals surface area contributed by atoms with Gasteiger partial charge in [0.2, 0.25) is 10.0 Å². The zero-order valence-electron chi connectivity index (χ0n) is 12.0. The number of anilines is 1. The maximum atomic E-state index is 12.8. The van der Waals surface area contributed by atoms with Crippen molar-refractivity contribution in [3.63, 3.8) is 0 Å². The van der Waals surface area contributed by atoms with Crippen LogP contribution < -0.4 is 5.73 Å². The monoisotopic (exact) mass is 306 g/mol. The molecule has 2 rings (SSSR count). The molecule has 0 aliphatic heterocycles. The summed E-state index contributed by atoms with van der Waals surface area (Å²) < 4.78 is 27.0. The lowest BCUT2D eigenvalue weighted by Crippen LogP contribution is -2.37. The molecule has 0 amide bonds. The minimum Gasteiger partial charge on any atom is -0.399 e. The van der Waals surface area contributed by atoms with Crippen LogP contribution in [0.2, 0.25) is 0 Å². The summed E-state index contributed by atoms with van der Waals surface area (Å²) >= 11 is 0. The molecule has 112 valence electrons. The quantitative estimate of drug-likeness (QED) is 0.825. The molecular weight excluding hydrogens is 288 g/mol. The summed E-state index contributed by atoms with van der Waals surface area (Å²) in [5.74, 6) is 0. The van der Waals surface area contributed by atoms with Crippen LogP contribution in [0.25, 0.3) is 10.9 Å². The van der Waals surface area contributed by atoms with E-state index in [2.05, 4.69) is 4.98 Å². The number of benzene rings is 1. The number of nitrogen functional groups attached to an aromatic ring is 1. The van der Waals surface area contributed by atoms with Gasteiger partial charge in [0.1, 0.15) is 4.90 Å². The maximum Gasteiger partial charge on any atom is 0.245 e. The second-order valence-corrected chi connectivity index (χ2v) is 6.93. The van der Waals surface area contributed by atoms with Crippen molar-refractivity contribution in [2.45, 2.75) is 31.2 Å². The smallest absolute Gasteiger partial charge is 0.245 e. The van der Waals surface area contributed by atoms with Crippen molar-refractivity contribution in [3.8, 4) is 6.07 Å². The molecule has 0 saturated heterocycles. The fourth-order valence-corrected chi connectivity index (χ4v) is 4.06. The Morgan fingerprint density at radius 3 is 2.76 bits per heavy atom. The van der Waals surface area contributed by atoms with E-state index >= 15 is 0 Å². The van der Waals surface area contributed by atoms with E-state index in [9.17, 15) is 8.42 Å². The Kier molecular flexibility index (Phi) is 4.21. The molecule has 6 nitrogen and oxygen atoms in total. The predicted octanol–water partition coefficient (Wildman–Crippen LogP) is 2.06. The number of hydrogen-bond donors (Lipinski definition) is 2. The Bertz CT molecular complexity index is 787. The SMILES string of the molecule is CC(C)N(CCC#N)S(=O)(=O)c1c[nH]c2ccc(N)cc12. The Labute approximate surface area is 124 Å². The molecule has 3 N–H and O–H groups in total. The van der Waals surface area contributed by atoms with Gasteiger partial charge in [-0.2, -0.15) is 9.57 Å². The molecule has 1 aromatic heterocycles. The van der Waals surface area contributed by atoms with Crippen molar-refractivity contribution in [1.29, 1.82) is 5.26 Å². The van der Waals surface area contributed by atoms with Crippen LogP contribution in [0, 0.1) is 11.3 Å². The number of aromatic amines is 1. The van der Waals surface area contributed by atoms with Gasteiger partial charge in [0.15, 0.2) is 0 Å². The molecule has 0 fully saturated rings. The van der Waals surface area contributed by atoms with Crippen LogP contribution in [0.3, 0.4) is 0 Å². The first-order valence-corrected chi connectivity index (χ1v) is 8.07. The van der Waals surface area contributed by atoms with E-state index in [1.54, 1.807) is 32.0 Å². The van der Waals surface area contributed by atoms with Gasteiger partial charge >= 0.3 is 0 Å². The van der Waals surface area contributed by atoms with Crippen molar-refractivity contribution in [1.82, 2.24) is 9.29 Å². The van der Waals surface area contributed by atoms with Crippen molar-refractivity contribution in [2.24, 2.45) is 0 Å². The number of nitrogens with zero attached hydrogens (tertiary/aromatic N) is 2. The van der Waals surface area contributed by atoms with Crippen molar-refractivity contribution in [3.05, 3.63) is 24.4 Å². The van der Waals surface area contributed by atoms with Gasteiger partial charge in [-0.25, -0.2) is 8.42 Å². The van der Waals surface area contributed by atoms with Crippen LogP contribution in [-0.2, 0) is 10.0 Å². The molecule has 7 heteroatoms. The van der Waals surface area contributed by atoms with Crippen LogP contribution >= 0.6 is 0 Å². The third-order valence-corrected chi connectivity index (χ3v) is 5.39. The minimum atomic E-state index is -3.68. The number of hydrogen-bond acceptors (Lipinski definition) is 4. The van der Waals surface area contributed by atoms with Gasteiger partial charge < -0.3 is 10.7 Å². The van der Waals surface area contributed by atoms with Gasteiger partial charge in [-0.05, 0) is 32.0 Å². The molecule has 0 atom stereocenters. The lowest BCUT2D eigenvalue weighted by Gasteiger charge is -2.24. The lowest BCUT2D eigenvalue weighted by molar-refractivity contribution is 0.361. The van der Waals surface area contributed by atoms with Gasteiger partial charge in [-0.15, -0.1) is 0 Å². The first kappa shape index (κ1) is 15.4. The standard InChI is InChI=1S/C14H18N4O2S/c1-10(2)18(7-3-6-15)21(19,20)14-9-17-13-5-4-11(16)8-12(13)14/h4-5,8-10,17H,3,7,16H2,1-2H3. The summed E-state index contributed by atoms with van der Waals surface area (Å²) in [6.45, 7) is 3.75. The molecule has 1 aromatic carbocycles. The summed E-state index contributed by atoms with van der Waals surface area (Å²) in [6, 6.07) is 6.86. The molecule has 1 heterocycles. The largest absolute Gasteiger partial charge is 0.399 e. The molecule has 21 heavy (non-hydrogen) atoms. The van der Waals surface area contributed by atoms with Gasteiger partial charge in [-0.1, -0.05) is 0 Å². The fourth-order valence-electron chi connectivity index (χ4n) is 2.27. The average molecular weight is 306 g/mol. The number of fused-ring (bicyclic) bond motifs is 1. The lowest BCUT2D eigenvalue weighted by atomic mass is 10.2. The molecular formula is C14H18N4O2S. The molecule has 0 spiro atoms. The van der Waals surface area contributed by atoms with Crippen molar-refractivity contribution in [2.75, 3.05) is 12.3 Å². The molecule has 0 radical (unpaired) electrons. The van der Waals surface area contributed by atoms with E-state index in [1.165, 1.54) is 10.5 Å². The van der Waals surface area contributed by atoms with Gasteiger partial charge in [0, 0.05) is 41.8 Å².